The van der Waals surface area contributed by atoms with E-state index in [0.717, 1.165) is 16.5 Å². The van der Waals surface area contributed by atoms with E-state index in [2.05, 4.69) is 0 Å². The minimum absolute atomic E-state index is 0.0503. The number of imide groups is 1. The summed E-state index contributed by atoms with van der Waals surface area (Å²) < 4.78 is 0. The Morgan fingerprint density at radius 1 is 0.810 bits per heavy atom. The predicted molar refractivity (Wildman–Crippen MR) is 81.8 cm³/mol. The first-order valence-corrected chi connectivity index (χ1v) is 7.28. The van der Waals surface area contributed by atoms with Crippen molar-refractivity contribution in [2.75, 3.05) is 4.90 Å². The molecule has 0 bridgehead atoms. The standard InChI is InChI=1S/C18H15NO2/c20-17-14-9-3-4-10-15(14)18(21)19(17)16-11-5-7-12-6-1-2-8-13(12)16/h1-8,11,14-15H,9-10H2/t14-,15-/m1/s1. The second-order valence-electron chi connectivity index (χ2n) is 5.67. The summed E-state index contributed by atoms with van der Waals surface area (Å²) in [7, 11) is 0. The maximum Gasteiger partial charge on any atom is 0.238 e. The van der Waals surface area contributed by atoms with Crippen molar-refractivity contribution in [3.8, 4) is 0 Å². The average Bonchev–Trinajstić information content (AvgIpc) is 2.79. The Hall–Kier alpha value is -2.42. The van der Waals surface area contributed by atoms with E-state index in [1.165, 1.54) is 4.90 Å². The molecule has 2 aliphatic rings. The van der Waals surface area contributed by atoms with Gasteiger partial charge in [0.25, 0.3) is 0 Å². The monoisotopic (exact) mass is 277 g/mol. The van der Waals surface area contributed by atoms with Crippen LogP contribution in [-0.2, 0) is 9.59 Å². The number of rotatable bonds is 1. The quantitative estimate of drug-likeness (QED) is 0.592. The van der Waals surface area contributed by atoms with Crippen LogP contribution in [0, 0.1) is 11.8 Å². The van der Waals surface area contributed by atoms with Gasteiger partial charge in [0.15, 0.2) is 0 Å². The molecule has 2 atom stereocenters. The van der Waals surface area contributed by atoms with Crippen molar-refractivity contribution >= 4 is 28.3 Å². The van der Waals surface area contributed by atoms with Crippen molar-refractivity contribution in [1.82, 2.24) is 0 Å². The molecule has 0 N–H and O–H groups in total. The molecule has 1 aliphatic carbocycles. The van der Waals surface area contributed by atoms with Crippen LogP contribution in [0.15, 0.2) is 54.6 Å². The lowest BCUT2D eigenvalue weighted by Crippen LogP contribution is -2.31. The molecule has 0 spiro atoms. The highest BCUT2D eigenvalue weighted by Gasteiger charge is 2.48. The fourth-order valence-corrected chi connectivity index (χ4v) is 3.44. The largest absolute Gasteiger partial charge is 0.274 e. The molecule has 2 amide bonds. The number of hydrogen-bond donors (Lipinski definition) is 0. The summed E-state index contributed by atoms with van der Waals surface area (Å²) in [4.78, 5) is 26.7. The molecule has 1 fully saturated rings. The van der Waals surface area contributed by atoms with E-state index in [1.54, 1.807) is 0 Å². The van der Waals surface area contributed by atoms with Crippen LogP contribution in [0.1, 0.15) is 12.8 Å². The van der Waals surface area contributed by atoms with Crippen LogP contribution < -0.4 is 4.90 Å². The van der Waals surface area contributed by atoms with E-state index in [0.29, 0.717) is 12.8 Å². The van der Waals surface area contributed by atoms with Crippen LogP contribution >= 0.6 is 0 Å². The molecule has 3 nitrogen and oxygen atoms in total. The Morgan fingerprint density at radius 2 is 1.43 bits per heavy atom. The maximum absolute atomic E-state index is 12.7. The Balaban J connectivity index is 1.86. The Bertz CT molecular complexity index is 746. The number of anilines is 1. The number of allylic oxidation sites excluding steroid dienone is 2. The highest BCUT2D eigenvalue weighted by molar-refractivity contribution is 6.25. The Labute approximate surface area is 122 Å². The van der Waals surface area contributed by atoms with Crippen molar-refractivity contribution in [2.45, 2.75) is 12.8 Å². The number of amides is 2. The van der Waals surface area contributed by atoms with Crippen molar-refractivity contribution in [1.29, 1.82) is 0 Å². The van der Waals surface area contributed by atoms with Crippen molar-refractivity contribution < 1.29 is 9.59 Å². The van der Waals surface area contributed by atoms with Crippen molar-refractivity contribution in [3.05, 3.63) is 54.6 Å². The molecule has 0 unspecified atom stereocenters. The molecular weight excluding hydrogens is 262 g/mol. The first-order chi connectivity index (χ1) is 10.3. The highest BCUT2D eigenvalue weighted by Crippen LogP contribution is 2.39. The molecule has 104 valence electrons. The average molecular weight is 277 g/mol. The second kappa shape index (κ2) is 4.55. The fraction of sp³-hybridized carbons (Fsp3) is 0.222. The van der Waals surface area contributed by atoms with Gasteiger partial charge in [0, 0.05) is 5.39 Å². The molecular formula is C18H15NO2. The van der Waals surface area contributed by atoms with Gasteiger partial charge >= 0.3 is 0 Å². The lowest BCUT2D eigenvalue weighted by Gasteiger charge is -2.17. The van der Waals surface area contributed by atoms with Crippen LogP contribution in [0.2, 0.25) is 0 Å². The predicted octanol–water partition coefficient (Wildman–Crippen LogP) is 3.30. The molecule has 21 heavy (non-hydrogen) atoms. The molecule has 1 saturated heterocycles. The van der Waals surface area contributed by atoms with Gasteiger partial charge in [-0.1, -0.05) is 48.6 Å². The summed E-state index contributed by atoms with van der Waals surface area (Å²) in [6.07, 6.45) is 5.38. The normalized spacial score (nSPS) is 24.7. The number of carbonyl (C=O) groups excluding carboxylic acids is 2. The number of benzene rings is 2. The molecule has 1 aliphatic heterocycles. The minimum atomic E-state index is -0.179. The second-order valence-corrected chi connectivity index (χ2v) is 5.67. The third-order valence-electron chi connectivity index (χ3n) is 4.52. The van der Waals surface area contributed by atoms with E-state index in [1.807, 2.05) is 54.6 Å². The number of nitrogens with zero attached hydrogens (tertiary/aromatic N) is 1. The summed E-state index contributed by atoms with van der Waals surface area (Å²) in [6, 6.07) is 13.6. The maximum atomic E-state index is 12.7. The zero-order valence-electron chi connectivity index (χ0n) is 11.5. The molecule has 2 aromatic carbocycles. The van der Waals surface area contributed by atoms with Gasteiger partial charge in [0.1, 0.15) is 0 Å². The zero-order valence-corrected chi connectivity index (χ0v) is 11.5. The molecule has 0 saturated carbocycles. The first-order valence-electron chi connectivity index (χ1n) is 7.28. The van der Waals surface area contributed by atoms with Crippen molar-refractivity contribution in [3.63, 3.8) is 0 Å². The van der Waals surface area contributed by atoms with Crippen LogP contribution in [0.4, 0.5) is 5.69 Å². The third-order valence-corrected chi connectivity index (χ3v) is 4.52. The summed E-state index contributed by atoms with van der Waals surface area (Å²) in [5.41, 5.74) is 0.720. The molecule has 2 aromatic rings. The Morgan fingerprint density at radius 3 is 2.14 bits per heavy atom. The van der Waals surface area contributed by atoms with Gasteiger partial charge in [0.2, 0.25) is 11.8 Å². The third kappa shape index (κ3) is 1.74. The van der Waals surface area contributed by atoms with Gasteiger partial charge in [-0.05, 0) is 24.3 Å². The van der Waals surface area contributed by atoms with E-state index in [4.69, 9.17) is 0 Å². The van der Waals surface area contributed by atoms with E-state index in [9.17, 15) is 9.59 Å². The van der Waals surface area contributed by atoms with Crippen molar-refractivity contribution in [2.24, 2.45) is 11.8 Å². The smallest absolute Gasteiger partial charge is 0.238 e. The topological polar surface area (TPSA) is 37.4 Å². The van der Waals surface area contributed by atoms with E-state index in [-0.39, 0.29) is 23.7 Å². The van der Waals surface area contributed by atoms with Gasteiger partial charge in [-0.2, -0.15) is 0 Å². The number of carbonyl (C=O) groups is 2. The minimum Gasteiger partial charge on any atom is -0.274 e. The lowest BCUT2D eigenvalue weighted by molar-refractivity contribution is -0.122. The van der Waals surface area contributed by atoms with Crippen LogP contribution in [0.25, 0.3) is 10.8 Å². The van der Waals surface area contributed by atoms with E-state index >= 15 is 0 Å². The number of fused-ring (bicyclic) bond motifs is 2. The van der Waals surface area contributed by atoms with Gasteiger partial charge in [-0.3, -0.25) is 9.59 Å². The van der Waals surface area contributed by atoms with Gasteiger partial charge in [-0.15, -0.1) is 0 Å². The van der Waals surface area contributed by atoms with E-state index < -0.39 is 0 Å². The summed E-state index contributed by atoms with van der Waals surface area (Å²) >= 11 is 0. The van der Waals surface area contributed by atoms with Gasteiger partial charge < -0.3 is 0 Å². The molecule has 3 heteroatoms. The summed E-state index contributed by atoms with van der Waals surface area (Å²) in [5, 5.41) is 2.00. The highest BCUT2D eigenvalue weighted by atomic mass is 16.2. The molecule has 4 rings (SSSR count). The molecule has 1 heterocycles. The summed E-state index contributed by atoms with van der Waals surface area (Å²) in [5.74, 6) is -0.459. The van der Waals surface area contributed by atoms with Crippen LogP contribution in [0.5, 0.6) is 0 Å². The van der Waals surface area contributed by atoms with Gasteiger partial charge in [0.05, 0.1) is 17.5 Å². The summed E-state index contributed by atoms with van der Waals surface area (Å²) in [6.45, 7) is 0. The fourth-order valence-electron chi connectivity index (χ4n) is 3.44. The zero-order chi connectivity index (χ0) is 14.4. The van der Waals surface area contributed by atoms with Gasteiger partial charge in [-0.25, -0.2) is 4.90 Å². The van der Waals surface area contributed by atoms with Crippen LogP contribution in [0.3, 0.4) is 0 Å². The Kier molecular flexibility index (Phi) is 2.67. The molecule has 0 radical (unpaired) electrons. The lowest BCUT2D eigenvalue weighted by atomic mass is 9.85. The number of hydrogen-bond acceptors (Lipinski definition) is 2. The van der Waals surface area contributed by atoms with Crippen LogP contribution in [-0.4, -0.2) is 11.8 Å². The first kappa shape index (κ1) is 12.3. The SMILES string of the molecule is O=C1[C@@H]2CC=CC[C@H]2C(=O)N1c1cccc2ccccc12. The molecule has 0 aromatic heterocycles.